The Balaban J connectivity index is 1.46. The van der Waals surface area contributed by atoms with Crippen LogP contribution in [0.1, 0.15) is 11.5 Å². The smallest absolute Gasteiger partial charge is 0.342 e. The Bertz CT molecular complexity index is 1260. The predicted molar refractivity (Wildman–Crippen MR) is 112 cm³/mol. The molecule has 0 unspecified atom stereocenters. The highest BCUT2D eigenvalue weighted by atomic mass is 32.2. The maximum atomic E-state index is 13.6. The SMILES string of the molecule is NC1=C2C(=O)Oc3cc(O)ccc3[C@@H]2[C@@H]2C(=O)N(c3ccc4c(c3)OCCO4)C(=O)[C@H]2S1. The van der Waals surface area contributed by atoms with Crippen LogP contribution in [0.2, 0.25) is 0 Å². The Labute approximate surface area is 185 Å². The van der Waals surface area contributed by atoms with E-state index in [4.69, 9.17) is 19.9 Å². The van der Waals surface area contributed by atoms with Gasteiger partial charge in [0.2, 0.25) is 11.8 Å². The third-order valence-corrected chi connectivity index (χ3v) is 7.25. The number of nitrogens with two attached hydrogens (primary N) is 1. The lowest BCUT2D eigenvalue weighted by Gasteiger charge is -2.36. The van der Waals surface area contributed by atoms with Gasteiger partial charge < -0.3 is 25.1 Å². The fourth-order valence-electron chi connectivity index (χ4n) is 4.67. The van der Waals surface area contributed by atoms with Crippen molar-refractivity contribution in [3.63, 3.8) is 0 Å². The zero-order valence-corrected chi connectivity index (χ0v) is 17.3. The maximum Gasteiger partial charge on any atom is 0.342 e. The van der Waals surface area contributed by atoms with Crippen LogP contribution in [0, 0.1) is 5.92 Å². The lowest BCUT2D eigenvalue weighted by atomic mass is 9.77. The van der Waals surface area contributed by atoms with Crippen LogP contribution in [-0.2, 0) is 14.4 Å². The molecule has 4 aliphatic rings. The molecule has 9 nitrogen and oxygen atoms in total. The van der Waals surface area contributed by atoms with Crippen molar-refractivity contribution in [2.45, 2.75) is 11.2 Å². The highest BCUT2D eigenvalue weighted by molar-refractivity contribution is 8.04. The van der Waals surface area contributed by atoms with Gasteiger partial charge in [-0.15, -0.1) is 0 Å². The Morgan fingerprint density at radius 1 is 0.969 bits per heavy atom. The van der Waals surface area contributed by atoms with Crippen LogP contribution >= 0.6 is 11.8 Å². The zero-order chi connectivity index (χ0) is 22.1. The summed E-state index contributed by atoms with van der Waals surface area (Å²) < 4.78 is 16.5. The van der Waals surface area contributed by atoms with Crippen LogP contribution in [0.4, 0.5) is 5.69 Å². The van der Waals surface area contributed by atoms with Gasteiger partial charge in [0.25, 0.3) is 0 Å². The van der Waals surface area contributed by atoms with Gasteiger partial charge in [-0.1, -0.05) is 17.8 Å². The highest BCUT2D eigenvalue weighted by Gasteiger charge is 2.58. The van der Waals surface area contributed by atoms with Crippen LogP contribution in [0.25, 0.3) is 0 Å². The molecule has 0 aromatic heterocycles. The van der Waals surface area contributed by atoms with Gasteiger partial charge in [0.05, 0.1) is 22.2 Å². The number of fused-ring (bicyclic) bond motifs is 6. The van der Waals surface area contributed by atoms with Crippen LogP contribution in [0.3, 0.4) is 0 Å². The number of phenolic OH excluding ortho intramolecular Hbond substituents is 1. The van der Waals surface area contributed by atoms with Crippen LogP contribution in [-0.4, -0.2) is 41.4 Å². The van der Waals surface area contributed by atoms with Gasteiger partial charge in [-0.05, 0) is 18.2 Å². The molecule has 32 heavy (non-hydrogen) atoms. The zero-order valence-electron chi connectivity index (χ0n) is 16.4. The van der Waals surface area contributed by atoms with E-state index in [2.05, 4.69) is 0 Å². The Hall–Kier alpha value is -3.66. The molecular formula is C22H16N2O7S. The van der Waals surface area contributed by atoms with Crippen molar-refractivity contribution in [3.8, 4) is 23.0 Å². The summed E-state index contributed by atoms with van der Waals surface area (Å²) in [6.45, 7) is 0.798. The van der Waals surface area contributed by atoms with Crippen molar-refractivity contribution in [2.24, 2.45) is 11.7 Å². The fourth-order valence-corrected chi connectivity index (χ4v) is 5.90. The molecule has 0 bridgehead atoms. The summed E-state index contributed by atoms with van der Waals surface area (Å²) in [6, 6.07) is 9.24. The molecule has 1 saturated heterocycles. The molecule has 0 spiro atoms. The molecule has 6 rings (SSSR count). The molecule has 162 valence electrons. The van der Waals surface area contributed by atoms with Gasteiger partial charge >= 0.3 is 5.97 Å². The van der Waals surface area contributed by atoms with Crippen molar-refractivity contribution in [3.05, 3.63) is 52.6 Å². The van der Waals surface area contributed by atoms with Crippen LogP contribution < -0.4 is 24.8 Å². The van der Waals surface area contributed by atoms with Gasteiger partial charge in [0.15, 0.2) is 11.5 Å². The maximum absolute atomic E-state index is 13.6. The highest BCUT2D eigenvalue weighted by Crippen LogP contribution is 2.55. The summed E-state index contributed by atoms with van der Waals surface area (Å²) in [7, 11) is 0. The minimum absolute atomic E-state index is 0.0783. The van der Waals surface area contributed by atoms with Crippen molar-refractivity contribution in [2.75, 3.05) is 18.1 Å². The number of aromatic hydroxyl groups is 1. The van der Waals surface area contributed by atoms with Crippen molar-refractivity contribution in [1.29, 1.82) is 0 Å². The summed E-state index contributed by atoms with van der Waals surface area (Å²) in [5, 5.41) is 9.17. The number of amides is 2. The summed E-state index contributed by atoms with van der Waals surface area (Å²) in [5.74, 6) is -2.06. The molecule has 4 aliphatic heterocycles. The number of phenols is 1. The first-order chi connectivity index (χ1) is 15.4. The molecule has 1 fully saturated rings. The molecule has 2 amide bonds. The topological polar surface area (TPSA) is 128 Å². The summed E-state index contributed by atoms with van der Waals surface area (Å²) in [6.07, 6.45) is 0. The molecule has 0 radical (unpaired) electrons. The number of hydrogen-bond acceptors (Lipinski definition) is 9. The molecule has 10 heteroatoms. The summed E-state index contributed by atoms with van der Waals surface area (Å²) in [4.78, 5) is 40.8. The first-order valence-corrected chi connectivity index (χ1v) is 10.8. The van der Waals surface area contributed by atoms with E-state index < -0.39 is 34.9 Å². The van der Waals surface area contributed by atoms with Gasteiger partial charge in [0.1, 0.15) is 30.0 Å². The first kappa shape index (κ1) is 19.1. The fraction of sp³-hybridized carbons (Fsp3) is 0.227. The van der Waals surface area contributed by atoms with E-state index in [0.717, 1.165) is 16.7 Å². The molecule has 0 saturated carbocycles. The number of anilines is 1. The Kier molecular flexibility index (Phi) is 3.97. The number of rotatable bonds is 1. The van der Waals surface area contributed by atoms with Gasteiger partial charge in [0, 0.05) is 23.6 Å². The average molecular weight is 452 g/mol. The second-order valence-corrected chi connectivity index (χ2v) is 8.95. The monoisotopic (exact) mass is 452 g/mol. The number of thioether (sulfide) groups is 1. The van der Waals surface area contributed by atoms with Crippen molar-refractivity contribution < 1.29 is 33.7 Å². The normalized spacial score (nSPS) is 25.8. The average Bonchev–Trinajstić information content (AvgIpc) is 3.02. The molecule has 0 aliphatic carbocycles. The van der Waals surface area contributed by atoms with E-state index in [1.165, 1.54) is 12.1 Å². The number of nitrogens with zero attached hydrogens (tertiary/aromatic N) is 1. The summed E-state index contributed by atoms with van der Waals surface area (Å²) in [5.41, 5.74) is 7.24. The quantitative estimate of drug-likeness (QED) is 0.377. The van der Waals surface area contributed by atoms with Crippen molar-refractivity contribution in [1.82, 2.24) is 0 Å². The number of ether oxygens (including phenoxy) is 3. The number of esters is 1. The molecular weight excluding hydrogens is 436 g/mol. The van der Waals surface area contributed by atoms with E-state index in [0.29, 0.717) is 36.0 Å². The molecule has 2 aromatic rings. The number of hydrogen-bond donors (Lipinski definition) is 2. The van der Waals surface area contributed by atoms with Gasteiger partial charge in [-0.2, -0.15) is 0 Å². The van der Waals surface area contributed by atoms with E-state index in [9.17, 15) is 19.5 Å². The molecule has 3 N–H and O–H groups in total. The van der Waals surface area contributed by atoms with E-state index in [1.807, 2.05) is 0 Å². The molecule has 2 aromatic carbocycles. The molecule has 4 heterocycles. The predicted octanol–water partition coefficient (Wildman–Crippen LogP) is 1.64. The molecule has 3 atom stereocenters. The Morgan fingerprint density at radius 2 is 1.75 bits per heavy atom. The number of carbonyl (C=O) groups excluding carboxylic acids is 3. The number of benzene rings is 2. The third-order valence-electron chi connectivity index (χ3n) is 6.02. The van der Waals surface area contributed by atoms with E-state index in [1.54, 1.807) is 24.3 Å². The van der Waals surface area contributed by atoms with Crippen LogP contribution in [0.15, 0.2) is 47.0 Å². The lowest BCUT2D eigenvalue weighted by molar-refractivity contribution is -0.131. The minimum atomic E-state index is -0.848. The van der Waals surface area contributed by atoms with Crippen molar-refractivity contribution >= 4 is 35.2 Å². The van der Waals surface area contributed by atoms with Gasteiger partial charge in [-0.3, -0.25) is 9.59 Å². The summed E-state index contributed by atoms with van der Waals surface area (Å²) >= 11 is 1.00. The second kappa shape index (κ2) is 6.67. The standard InChI is InChI=1S/C22H16N2O7S/c23-19-17-15(11-3-2-10(25)8-13(11)31-22(17)28)16-18(32-19)21(27)24(20(16)26)9-1-4-12-14(7-9)30-6-5-29-12/h1-4,7-8,15-16,18,25H,5-6,23H2/t15-,16+,18+/m1/s1. The third kappa shape index (κ3) is 2.56. The number of imide groups is 1. The van der Waals surface area contributed by atoms with E-state index >= 15 is 0 Å². The van der Waals surface area contributed by atoms with Crippen LogP contribution in [0.5, 0.6) is 23.0 Å². The van der Waals surface area contributed by atoms with E-state index in [-0.39, 0.29) is 22.1 Å². The minimum Gasteiger partial charge on any atom is -0.508 e. The van der Waals surface area contributed by atoms with Gasteiger partial charge in [-0.25, -0.2) is 9.69 Å². The largest absolute Gasteiger partial charge is 0.508 e. The number of carbonyl (C=O) groups is 3. The second-order valence-electron chi connectivity index (χ2n) is 7.77. The lowest BCUT2D eigenvalue weighted by Crippen LogP contribution is -2.39. The first-order valence-electron chi connectivity index (χ1n) is 9.93. The Morgan fingerprint density at radius 3 is 2.56 bits per heavy atom.